The van der Waals surface area contributed by atoms with Gasteiger partial charge in [0.05, 0.1) is 6.61 Å². The Bertz CT molecular complexity index is 388. The SMILES string of the molecule is CCCOc1ccccc1OC1(CCNC)CCC1. The van der Waals surface area contributed by atoms with Crippen molar-refractivity contribution < 1.29 is 9.47 Å². The lowest BCUT2D eigenvalue weighted by Crippen LogP contribution is -2.45. The molecule has 1 N–H and O–H groups in total. The van der Waals surface area contributed by atoms with E-state index in [0.717, 1.165) is 50.3 Å². The summed E-state index contributed by atoms with van der Waals surface area (Å²) in [6.45, 7) is 3.85. The zero-order valence-electron chi connectivity index (χ0n) is 12.1. The first-order valence-electron chi connectivity index (χ1n) is 7.35. The summed E-state index contributed by atoms with van der Waals surface area (Å²) in [4.78, 5) is 0. The number of nitrogens with one attached hydrogen (secondary N) is 1. The lowest BCUT2D eigenvalue weighted by Gasteiger charge is -2.42. The van der Waals surface area contributed by atoms with E-state index in [4.69, 9.17) is 9.47 Å². The predicted octanol–water partition coefficient (Wildman–Crippen LogP) is 3.39. The molecule has 0 spiro atoms. The first-order chi connectivity index (χ1) is 9.29. The van der Waals surface area contributed by atoms with Crippen LogP contribution in [0.4, 0.5) is 0 Å². The quantitative estimate of drug-likeness (QED) is 0.780. The average Bonchev–Trinajstić information content (AvgIpc) is 2.40. The van der Waals surface area contributed by atoms with E-state index < -0.39 is 0 Å². The molecule has 0 aliphatic heterocycles. The molecule has 1 aliphatic carbocycles. The predicted molar refractivity (Wildman–Crippen MR) is 78.0 cm³/mol. The van der Waals surface area contributed by atoms with Crippen molar-refractivity contribution in [1.29, 1.82) is 0 Å². The molecule has 1 aromatic rings. The average molecular weight is 263 g/mol. The van der Waals surface area contributed by atoms with Crippen LogP contribution in [-0.4, -0.2) is 25.8 Å². The Morgan fingerprint density at radius 3 is 2.53 bits per heavy atom. The number of ether oxygens (including phenoxy) is 2. The molecule has 1 saturated carbocycles. The summed E-state index contributed by atoms with van der Waals surface area (Å²) in [5, 5.41) is 3.22. The van der Waals surface area contributed by atoms with Gasteiger partial charge in [-0.25, -0.2) is 0 Å². The second-order valence-corrected chi connectivity index (χ2v) is 5.29. The maximum Gasteiger partial charge on any atom is 0.162 e. The van der Waals surface area contributed by atoms with Gasteiger partial charge in [0.25, 0.3) is 0 Å². The van der Waals surface area contributed by atoms with E-state index in [-0.39, 0.29) is 5.60 Å². The first kappa shape index (κ1) is 14.2. The van der Waals surface area contributed by atoms with E-state index in [0.29, 0.717) is 0 Å². The summed E-state index contributed by atoms with van der Waals surface area (Å²) < 4.78 is 12.1. The summed E-state index contributed by atoms with van der Waals surface area (Å²) in [6, 6.07) is 8.03. The highest BCUT2D eigenvalue weighted by molar-refractivity contribution is 5.40. The second kappa shape index (κ2) is 6.80. The number of hydrogen-bond acceptors (Lipinski definition) is 3. The topological polar surface area (TPSA) is 30.5 Å². The van der Waals surface area contributed by atoms with Gasteiger partial charge in [-0.05, 0) is 57.8 Å². The molecule has 2 rings (SSSR count). The molecule has 0 amide bonds. The molecule has 19 heavy (non-hydrogen) atoms. The fraction of sp³-hybridized carbons (Fsp3) is 0.625. The van der Waals surface area contributed by atoms with Gasteiger partial charge in [-0.15, -0.1) is 0 Å². The Morgan fingerprint density at radius 2 is 1.95 bits per heavy atom. The van der Waals surface area contributed by atoms with Crippen LogP contribution in [0.15, 0.2) is 24.3 Å². The van der Waals surface area contributed by atoms with Crippen LogP contribution in [0.1, 0.15) is 39.0 Å². The number of hydrogen-bond donors (Lipinski definition) is 1. The normalized spacial score (nSPS) is 16.7. The van der Waals surface area contributed by atoms with Crippen LogP contribution < -0.4 is 14.8 Å². The highest BCUT2D eigenvalue weighted by Gasteiger charge is 2.39. The van der Waals surface area contributed by atoms with Crippen LogP contribution in [0.25, 0.3) is 0 Å². The number of rotatable bonds is 8. The maximum atomic E-state index is 6.30. The van der Waals surface area contributed by atoms with Crippen LogP contribution in [0.3, 0.4) is 0 Å². The van der Waals surface area contributed by atoms with E-state index in [9.17, 15) is 0 Å². The van der Waals surface area contributed by atoms with Crippen molar-refractivity contribution in [2.75, 3.05) is 20.2 Å². The lowest BCUT2D eigenvalue weighted by atomic mass is 9.77. The molecular formula is C16H25NO2. The third kappa shape index (κ3) is 3.63. The Hall–Kier alpha value is -1.22. The van der Waals surface area contributed by atoms with Crippen LogP contribution >= 0.6 is 0 Å². The molecule has 3 heteroatoms. The van der Waals surface area contributed by atoms with Gasteiger partial charge in [0.1, 0.15) is 5.60 Å². The second-order valence-electron chi connectivity index (χ2n) is 5.29. The van der Waals surface area contributed by atoms with Crippen molar-refractivity contribution in [3.05, 3.63) is 24.3 Å². The number of benzene rings is 1. The van der Waals surface area contributed by atoms with Crippen LogP contribution in [0.5, 0.6) is 11.5 Å². The molecule has 0 heterocycles. The first-order valence-corrected chi connectivity index (χ1v) is 7.35. The van der Waals surface area contributed by atoms with Gasteiger partial charge in [0.2, 0.25) is 0 Å². The van der Waals surface area contributed by atoms with Crippen molar-refractivity contribution in [3.63, 3.8) is 0 Å². The largest absolute Gasteiger partial charge is 0.490 e. The van der Waals surface area contributed by atoms with E-state index in [1.807, 2.05) is 31.3 Å². The molecule has 0 bridgehead atoms. The van der Waals surface area contributed by atoms with Gasteiger partial charge in [0.15, 0.2) is 11.5 Å². The fourth-order valence-corrected chi connectivity index (χ4v) is 2.43. The Balaban J connectivity index is 2.04. The maximum absolute atomic E-state index is 6.30. The van der Waals surface area contributed by atoms with Gasteiger partial charge >= 0.3 is 0 Å². The molecule has 1 fully saturated rings. The molecule has 106 valence electrons. The molecule has 3 nitrogen and oxygen atoms in total. The molecule has 0 atom stereocenters. The fourth-order valence-electron chi connectivity index (χ4n) is 2.43. The van der Waals surface area contributed by atoms with Crippen molar-refractivity contribution in [1.82, 2.24) is 5.32 Å². The minimum absolute atomic E-state index is 0.0225. The zero-order chi connectivity index (χ0) is 13.6. The highest BCUT2D eigenvalue weighted by Crippen LogP contribution is 2.41. The Kier molecular flexibility index (Phi) is 5.08. The van der Waals surface area contributed by atoms with Crippen molar-refractivity contribution in [2.45, 2.75) is 44.6 Å². The summed E-state index contributed by atoms with van der Waals surface area (Å²) in [5.41, 5.74) is 0.0225. The standard InChI is InChI=1S/C16H25NO2/c1-3-13-18-14-7-4-5-8-15(14)19-16(9-6-10-16)11-12-17-2/h4-5,7-8,17H,3,6,9-13H2,1-2H3. The van der Waals surface area contributed by atoms with Crippen LogP contribution in [0, 0.1) is 0 Å². The monoisotopic (exact) mass is 263 g/mol. The van der Waals surface area contributed by atoms with Crippen molar-refractivity contribution >= 4 is 0 Å². The third-order valence-corrected chi connectivity index (χ3v) is 3.73. The van der Waals surface area contributed by atoms with Crippen molar-refractivity contribution in [2.24, 2.45) is 0 Å². The van der Waals surface area contributed by atoms with Crippen LogP contribution in [0.2, 0.25) is 0 Å². The van der Waals surface area contributed by atoms with Crippen molar-refractivity contribution in [3.8, 4) is 11.5 Å². The molecule has 0 radical (unpaired) electrons. The van der Waals surface area contributed by atoms with E-state index >= 15 is 0 Å². The summed E-state index contributed by atoms with van der Waals surface area (Å²) in [7, 11) is 1.99. The third-order valence-electron chi connectivity index (χ3n) is 3.73. The molecular weight excluding hydrogens is 238 g/mol. The van der Waals surface area contributed by atoms with Gasteiger partial charge in [-0.3, -0.25) is 0 Å². The molecule has 0 saturated heterocycles. The molecule has 1 aliphatic rings. The Morgan fingerprint density at radius 1 is 1.21 bits per heavy atom. The highest BCUT2D eigenvalue weighted by atomic mass is 16.5. The lowest BCUT2D eigenvalue weighted by molar-refractivity contribution is -0.0161. The van der Waals surface area contributed by atoms with E-state index in [1.54, 1.807) is 0 Å². The van der Waals surface area contributed by atoms with Gasteiger partial charge in [-0.1, -0.05) is 19.1 Å². The number of para-hydroxylation sites is 2. The summed E-state index contributed by atoms with van der Waals surface area (Å²) >= 11 is 0. The minimum atomic E-state index is 0.0225. The van der Waals surface area contributed by atoms with E-state index in [2.05, 4.69) is 12.2 Å². The summed E-state index contributed by atoms with van der Waals surface area (Å²) in [5.74, 6) is 1.77. The van der Waals surface area contributed by atoms with E-state index in [1.165, 1.54) is 6.42 Å². The minimum Gasteiger partial charge on any atom is -0.490 e. The zero-order valence-corrected chi connectivity index (χ0v) is 12.1. The molecule has 0 unspecified atom stereocenters. The van der Waals surface area contributed by atoms with Gasteiger partial charge in [-0.2, -0.15) is 0 Å². The van der Waals surface area contributed by atoms with Gasteiger partial charge < -0.3 is 14.8 Å². The smallest absolute Gasteiger partial charge is 0.162 e. The van der Waals surface area contributed by atoms with Crippen LogP contribution in [-0.2, 0) is 0 Å². The van der Waals surface area contributed by atoms with Gasteiger partial charge in [0, 0.05) is 0 Å². The summed E-state index contributed by atoms with van der Waals surface area (Å²) in [6.07, 6.45) is 5.64. The Labute approximate surface area is 116 Å². The molecule has 0 aromatic heterocycles. The molecule has 1 aromatic carbocycles.